The molecule has 1 saturated heterocycles. The van der Waals surface area contributed by atoms with Gasteiger partial charge in [0.1, 0.15) is 0 Å². The molecule has 0 aliphatic carbocycles. The Balaban J connectivity index is 2.40. The average Bonchev–Trinajstić information content (AvgIpc) is 2.36. The van der Waals surface area contributed by atoms with Crippen molar-refractivity contribution in [2.24, 2.45) is 11.3 Å². The SMILES string of the molecule is CC(NCC(C)(C)C(C)C)C(=O)N1CCOCC1. The summed E-state index contributed by atoms with van der Waals surface area (Å²) in [6.45, 7) is 14.5. The molecule has 0 aromatic rings. The molecule has 1 atom stereocenters. The molecule has 1 fully saturated rings. The highest BCUT2D eigenvalue weighted by molar-refractivity contribution is 5.81. The number of ether oxygens (including phenoxy) is 1. The van der Waals surface area contributed by atoms with Crippen LogP contribution in [0.5, 0.6) is 0 Å². The molecular formula is C14H28N2O2. The summed E-state index contributed by atoms with van der Waals surface area (Å²) in [5, 5.41) is 3.37. The quantitative estimate of drug-likeness (QED) is 0.810. The van der Waals surface area contributed by atoms with Crippen LogP contribution in [0, 0.1) is 11.3 Å². The van der Waals surface area contributed by atoms with Gasteiger partial charge in [0.2, 0.25) is 5.91 Å². The Hall–Kier alpha value is -0.610. The third-order valence-electron chi connectivity index (χ3n) is 4.12. The zero-order chi connectivity index (χ0) is 13.8. The first-order chi connectivity index (χ1) is 8.34. The molecule has 1 rings (SSSR count). The van der Waals surface area contributed by atoms with Crippen LogP contribution in [0.3, 0.4) is 0 Å². The van der Waals surface area contributed by atoms with E-state index in [1.165, 1.54) is 0 Å². The predicted molar refractivity (Wildman–Crippen MR) is 73.5 cm³/mol. The van der Waals surface area contributed by atoms with Crippen LogP contribution in [0.4, 0.5) is 0 Å². The van der Waals surface area contributed by atoms with E-state index in [-0.39, 0.29) is 17.4 Å². The van der Waals surface area contributed by atoms with Crippen LogP contribution >= 0.6 is 0 Å². The number of hydrogen-bond acceptors (Lipinski definition) is 3. The summed E-state index contributed by atoms with van der Waals surface area (Å²) in [6.07, 6.45) is 0. The lowest BCUT2D eigenvalue weighted by atomic mass is 9.81. The van der Waals surface area contributed by atoms with E-state index in [4.69, 9.17) is 4.74 Å². The Morgan fingerprint density at radius 3 is 2.33 bits per heavy atom. The van der Waals surface area contributed by atoms with Gasteiger partial charge in [-0.1, -0.05) is 27.7 Å². The zero-order valence-electron chi connectivity index (χ0n) is 12.5. The van der Waals surface area contributed by atoms with Crippen molar-refractivity contribution < 1.29 is 9.53 Å². The zero-order valence-corrected chi connectivity index (χ0v) is 12.5. The first-order valence-electron chi connectivity index (χ1n) is 6.94. The lowest BCUT2D eigenvalue weighted by molar-refractivity contribution is -0.137. The van der Waals surface area contributed by atoms with Crippen molar-refractivity contribution in [2.75, 3.05) is 32.8 Å². The normalized spacial score (nSPS) is 19.1. The number of carbonyl (C=O) groups excluding carboxylic acids is 1. The second-order valence-corrected chi connectivity index (χ2v) is 6.18. The highest BCUT2D eigenvalue weighted by atomic mass is 16.5. The second kappa shape index (κ2) is 6.53. The minimum Gasteiger partial charge on any atom is -0.378 e. The highest BCUT2D eigenvalue weighted by Gasteiger charge is 2.26. The van der Waals surface area contributed by atoms with Crippen molar-refractivity contribution in [1.29, 1.82) is 0 Å². The fraction of sp³-hybridized carbons (Fsp3) is 0.929. The van der Waals surface area contributed by atoms with Gasteiger partial charge in [0.15, 0.2) is 0 Å². The van der Waals surface area contributed by atoms with Crippen LogP contribution in [0.25, 0.3) is 0 Å². The first-order valence-corrected chi connectivity index (χ1v) is 6.94. The maximum Gasteiger partial charge on any atom is 0.239 e. The van der Waals surface area contributed by atoms with Crippen molar-refractivity contribution in [1.82, 2.24) is 10.2 Å². The summed E-state index contributed by atoms with van der Waals surface area (Å²) < 4.78 is 5.26. The Morgan fingerprint density at radius 1 is 1.28 bits per heavy atom. The molecule has 1 aliphatic heterocycles. The van der Waals surface area contributed by atoms with E-state index in [2.05, 4.69) is 33.0 Å². The van der Waals surface area contributed by atoms with Crippen LogP contribution in [0.1, 0.15) is 34.6 Å². The van der Waals surface area contributed by atoms with Crippen molar-refractivity contribution in [3.8, 4) is 0 Å². The van der Waals surface area contributed by atoms with Crippen molar-refractivity contribution in [2.45, 2.75) is 40.7 Å². The predicted octanol–water partition coefficient (Wildman–Crippen LogP) is 1.51. The van der Waals surface area contributed by atoms with E-state index in [1.807, 2.05) is 11.8 Å². The molecule has 0 spiro atoms. The maximum atomic E-state index is 12.2. The molecule has 0 saturated carbocycles. The fourth-order valence-electron chi connectivity index (χ4n) is 1.77. The van der Waals surface area contributed by atoms with Crippen LogP contribution in [0.15, 0.2) is 0 Å². The molecule has 1 N–H and O–H groups in total. The number of hydrogen-bond donors (Lipinski definition) is 1. The van der Waals surface area contributed by atoms with Gasteiger partial charge in [0.25, 0.3) is 0 Å². The molecule has 0 aromatic carbocycles. The van der Waals surface area contributed by atoms with Crippen LogP contribution in [0.2, 0.25) is 0 Å². The lowest BCUT2D eigenvalue weighted by Gasteiger charge is -2.33. The topological polar surface area (TPSA) is 41.6 Å². The van der Waals surface area contributed by atoms with E-state index in [0.717, 1.165) is 19.6 Å². The standard InChI is InChI=1S/C14H28N2O2/c1-11(2)14(4,5)10-15-12(3)13(17)16-6-8-18-9-7-16/h11-12,15H,6-10H2,1-5H3. The second-order valence-electron chi connectivity index (χ2n) is 6.18. The Labute approximate surface area is 111 Å². The van der Waals surface area contributed by atoms with Gasteiger partial charge in [-0.15, -0.1) is 0 Å². The van der Waals surface area contributed by atoms with Crippen molar-refractivity contribution in [3.63, 3.8) is 0 Å². The molecule has 18 heavy (non-hydrogen) atoms. The molecule has 4 heteroatoms. The van der Waals surface area contributed by atoms with Gasteiger partial charge in [-0.2, -0.15) is 0 Å². The summed E-state index contributed by atoms with van der Waals surface area (Å²) in [5.74, 6) is 0.786. The molecule has 1 amide bonds. The summed E-state index contributed by atoms with van der Waals surface area (Å²) in [6, 6.07) is -0.110. The smallest absolute Gasteiger partial charge is 0.239 e. The number of carbonyl (C=O) groups is 1. The van der Waals surface area contributed by atoms with Gasteiger partial charge in [-0.3, -0.25) is 4.79 Å². The van der Waals surface area contributed by atoms with Gasteiger partial charge in [0, 0.05) is 19.6 Å². The molecule has 1 aliphatic rings. The van der Waals surface area contributed by atoms with E-state index in [0.29, 0.717) is 19.1 Å². The lowest BCUT2D eigenvalue weighted by Crippen LogP contribution is -2.51. The minimum atomic E-state index is -0.110. The average molecular weight is 256 g/mol. The molecule has 4 nitrogen and oxygen atoms in total. The summed E-state index contributed by atoms with van der Waals surface area (Å²) >= 11 is 0. The highest BCUT2D eigenvalue weighted by Crippen LogP contribution is 2.24. The third kappa shape index (κ3) is 4.25. The third-order valence-corrected chi connectivity index (χ3v) is 4.12. The van der Waals surface area contributed by atoms with Crippen LogP contribution < -0.4 is 5.32 Å². The van der Waals surface area contributed by atoms with E-state index in [9.17, 15) is 4.79 Å². The van der Waals surface area contributed by atoms with Gasteiger partial charge in [-0.05, 0) is 18.3 Å². The molecular weight excluding hydrogens is 228 g/mol. The van der Waals surface area contributed by atoms with Gasteiger partial charge in [-0.25, -0.2) is 0 Å². The molecule has 0 radical (unpaired) electrons. The molecule has 1 heterocycles. The van der Waals surface area contributed by atoms with E-state index < -0.39 is 0 Å². The van der Waals surface area contributed by atoms with Crippen LogP contribution in [-0.2, 0) is 9.53 Å². The molecule has 106 valence electrons. The number of morpholine rings is 1. The Kier molecular flexibility index (Phi) is 5.60. The van der Waals surface area contributed by atoms with Crippen molar-refractivity contribution in [3.05, 3.63) is 0 Å². The van der Waals surface area contributed by atoms with Gasteiger partial charge >= 0.3 is 0 Å². The number of nitrogens with one attached hydrogen (secondary N) is 1. The molecule has 0 bridgehead atoms. The monoisotopic (exact) mass is 256 g/mol. The number of amides is 1. The van der Waals surface area contributed by atoms with Gasteiger partial charge < -0.3 is 15.0 Å². The van der Waals surface area contributed by atoms with Crippen LogP contribution in [-0.4, -0.2) is 49.7 Å². The van der Waals surface area contributed by atoms with E-state index >= 15 is 0 Å². The Morgan fingerprint density at radius 2 is 1.83 bits per heavy atom. The Bertz CT molecular complexity index is 271. The fourth-order valence-corrected chi connectivity index (χ4v) is 1.77. The van der Waals surface area contributed by atoms with Crippen molar-refractivity contribution >= 4 is 5.91 Å². The number of nitrogens with zero attached hydrogens (tertiary/aromatic N) is 1. The first kappa shape index (κ1) is 15.4. The van der Waals surface area contributed by atoms with Gasteiger partial charge in [0.05, 0.1) is 19.3 Å². The van der Waals surface area contributed by atoms with E-state index in [1.54, 1.807) is 0 Å². The summed E-state index contributed by atoms with van der Waals surface area (Å²) in [7, 11) is 0. The number of rotatable bonds is 5. The molecule has 1 unspecified atom stereocenters. The minimum absolute atomic E-state index is 0.110. The summed E-state index contributed by atoms with van der Waals surface area (Å²) in [5.41, 5.74) is 0.208. The largest absolute Gasteiger partial charge is 0.378 e. The summed E-state index contributed by atoms with van der Waals surface area (Å²) in [4.78, 5) is 14.1. The molecule has 0 aromatic heterocycles. The maximum absolute atomic E-state index is 12.2.